The van der Waals surface area contributed by atoms with E-state index >= 15 is 0 Å². The topological polar surface area (TPSA) is 57.3 Å². The number of nitrogens with zero attached hydrogens (tertiary/aromatic N) is 2. The van der Waals surface area contributed by atoms with E-state index in [2.05, 4.69) is 0 Å². The number of rotatable bonds is 5. The van der Waals surface area contributed by atoms with Crippen molar-refractivity contribution in [3.63, 3.8) is 0 Å². The van der Waals surface area contributed by atoms with Gasteiger partial charge in [-0.1, -0.05) is 42.5 Å². The van der Waals surface area contributed by atoms with Crippen molar-refractivity contribution in [3.05, 3.63) is 101 Å². The molecule has 5 heteroatoms. The van der Waals surface area contributed by atoms with Gasteiger partial charge < -0.3 is 9.30 Å². The van der Waals surface area contributed by atoms with Crippen molar-refractivity contribution in [3.8, 4) is 11.4 Å². The zero-order valence-corrected chi connectivity index (χ0v) is 13.9. The second-order valence-corrected chi connectivity index (χ2v) is 5.93. The number of hydrogen-bond donors (Lipinski definition) is 0. The van der Waals surface area contributed by atoms with Crippen LogP contribution in [0.2, 0.25) is 0 Å². The van der Waals surface area contributed by atoms with Gasteiger partial charge in [0.1, 0.15) is 18.0 Å². The zero-order chi connectivity index (χ0) is 17.9. The molecule has 0 aliphatic heterocycles. The SMILES string of the molecule is O=[N+]([O-])c1ccccc1-n1ccc2cc(OCc3ccccc3)ccc21. The Morgan fingerprint density at radius 3 is 2.50 bits per heavy atom. The second kappa shape index (κ2) is 6.72. The van der Waals surface area contributed by atoms with Crippen molar-refractivity contribution in [1.82, 2.24) is 4.57 Å². The summed E-state index contributed by atoms with van der Waals surface area (Å²) in [7, 11) is 0. The number of ether oxygens (including phenoxy) is 1. The van der Waals surface area contributed by atoms with Crippen molar-refractivity contribution in [2.24, 2.45) is 0 Å². The number of aromatic nitrogens is 1. The molecule has 0 saturated carbocycles. The summed E-state index contributed by atoms with van der Waals surface area (Å²) < 4.78 is 7.69. The Bertz CT molecular complexity index is 1070. The maximum atomic E-state index is 11.3. The summed E-state index contributed by atoms with van der Waals surface area (Å²) in [6.45, 7) is 0.497. The Morgan fingerprint density at radius 2 is 1.69 bits per heavy atom. The molecule has 0 bridgehead atoms. The van der Waals surface area contributed by atoms with E-state index in [1.54, 1.807) is 18.2 Å². The molecule has 5 nitrogen and oxygen atoms in total. The van der Waals surface area contributed by atoms with Crippen LogP contribution in [0.5, 0.6) is 5.75 Å². The van der Waals surface area contributed by atoms with Crippen LogP contribution in [0.25, 0.3) is 16.6 Å². The number of fused-ring (bicyclic) bond motifs is 1. The summed E-state index contributed by atoms with van der Waals surface area (Å²) in [6, 6.07) is 24.4. The first kappa shape index (κ1) is 15.9. The van der Waals surface area contributed by atoms with Crippen LogP contribution in [-0.4, -0.2) is 9.49 Å². The molecule has 1 heterocycles. The van der Waals surface area contributed by atoms with Gasteiger partial charge in [0, 0.05) is 17.6 Å². The fourth-order valence-corrected chi connectivity index (χ4v) is 2.98. The average Bonchev–Trinajstić information content (AvgIpc) is 3.10. The normalized spacial score (nSPS) is 10.8. The molecule has 0 saturated heterocycles. The van der Waals surface area contributed by atoms with Crippen molar-refractivity contribution in [2.75, 3.05) is 0 Å². The molecule has 26 heavy (non-hydrogen) atoms. The quantitative estimate of drug-likeness (QED) is 0.373. The van der Waals surface area contributed by atoms with E-state index in [1.807, 2.05) is 65.4 Å². The van der Waals surface area contributed by atoms with Crippen molar-refractivity contribution < 1.29 is 9.66 Å². The molecule has 1 aromatic heterocycles. The Hall–Kier alpha value is -3.60. The lowest BCUT2D eigenvalue weighted by atomic mass is 10.2. The van der Waals surface area contributed by atoms with E-state index in [4.69, 9.17) is 4.74 Å². The number of hydrogen-bond acceptors (Lipinski definition) is 3. The van der Waals surface area contributed by atoms with Crippen LogP contribution in [0.4, 0.5) is 5.69 Å². The second-order valence-electron chi connectivity index (χ2n) is 5.93. The highest BCUT2D eigenvalue weighted by molar-refractivity contribution is 5.84. The highest BCUT2D eigenvalue weighted by Crippen LogP contribution is 2.29. The van der Waals surface area contributed by atoms with Crippen molar-refractivity contribution in [1.29, 1.82) is 0 Å². The minimum Gasteiger partial charge on any atom is -0.489 e. The highest BCUT2D eigenvalue weighted by atomic mass is 16.6. The molecule has 0 aliphatic rings. The molecule has 128 valence electrons. The predicted molar refractivity (Wildman–Crippen MR) is 101 cm³/mol. The first-order valence-corrected chi connectivity index (χ1v) is 8.24. The van der Waals surface area contributed by atoms with Gasteiger partial charge in [-0.05, 0) is 35.9 Å². The Kier molecular flexibility index (Phi) is 4.11. The van der Waals surface area contributed by atoms with Gasteiger partial charge in [0.15, 0.2) is 0 Å². The zero-order valence-electron chi connectivity index (χ0n) is 13.9. The van der Waals surface area contributed by atoms with Crippen molar-refractivity contribution >= 4 is 16.6 Å². The van der Waals surface area contributed by atoms with Gasteiger partial charge in [0.25, 0.3) is 5.69 Å². The molecule has 0 unspecified atom stereocenters. The van der Waals surface area contributed by atoms with Gasteiger partial charge in [0.05, 0.1) is 10.4 Å². The van der Waals surface area contributed by atoms with Gasteiger partial charge in [-0.3, -0.25) is 10.1 Å². The molecular weight excluding hydrogens is 328 g/mol. The van der Waals surface area contributed by atoms with Crippen LogP contribution >= 0.6 is 0 Å². The maximum absolute atomic E-state index is 11.3. The molecule has 0 amide bonds. The molecule has 0 atom stereocenters. The molecule has 0 radical (unpaired) electrons. The summed E-state index contributed by atoms with van der Waals surface area (Å²) in [4.78, 5) is 10.9. The lowest BCUT2D eigenvalue weighted by molar-refractivity contribution is -0.384. The van der Waals surface area contributed by atoms with Crippen LogP contribution < -0.4 is 4.74 Å². The van der Waals surface area contributed by atoms with Crippen LogP contribution in [0.1, 0.15) is 5.56 Å². The van der Waals surface area contributed by atoms with Crippen LogP contribution in [-0.2, 0) is 6.61 Å². The monoisotopic (exact) mass is 344 g/mol. The first-order chi connectivity index (χ1) is 12.7. The molecule has 4 rings (SSSR count). The summed E-state index contributed by atoms with van der Waals surface area (Å²) in [5.74, 6) is 0.765. The Labute approximate surface area is 150 Å². The van der Waals surface area contributed by atoms with Gasteiger partial charge in [-0.2, -0.15) is 0 Å². The lowest BCUT2D eigenvalue weighted by Gasteiger charge is -2.08. The number of nitro groups is 1. The molecule has 0 N–H and O–H groups in total. The Morgan fingerprint density at radius 1 is 0.923 bits per heavy atom. The van der Waals surface area contributed by atoms with Crippen LogP contribution in [0.15, 0.2) is 85.1 Å². The van der Waals surface area contributed by atoms with Crippen LogP contribution in [0.3, 0.4) is 0 Å². The smallest absolute Gasteiger partial charge is 0.293 e. The largest absolute Gasteiger partial charge is 0.489 e. The maximum Gasteiger partial charge on any atom is 0.293 e. The highest BCUT2D eigenvalue weighted by Gasteiger charge is 2.15. The molecule has 0 spiro atoms. The summed E-state index contributed by atoms with van der Waals surface area (Å²) in [5, 5.41) is 12.3. The van der Waals surface area contributed by atoms with Gasteiger partial charge in [-0.25, -0.2) is 0 Å². The van der Waals surface area contributed by atoms with Crippen molar-refractivity contribution in [2.45, 2.75) is 6.61 Å². The van der Waals surface area contributed by atoms with E-state index in [0.717, 1.165) is 22.2 Å². The predicted octanol–water partition coefficient (Wildman–Crippen LogP) is 5.12. The average molecular weight is 344 g/mol. The van der Waals surface area contributed by atoms with E-state index < -0.39 is 0 Å². The summed E-state index contributed by atoms with van der Waals surface area (Å²) >= 11 is 0. The molecule has 3 aromatic carbocycles. The third kappa shape index (κ3) is 3.02. The fraction of sp³-hybridized carbons (Fsp3) is 0.0476. The molecule has 0 fully saturated rings. The third-order valence-electron chi connectivity index (χ3n) is 4.25. The van der Waals surface area contributed by atoms with E-state index in [-0.39, 0.29) is 10.6 Å². The molecular formula is C21H16N2O3. The van der Waals surface area contributed by atoms with Gasteiger partial charge in [-0.15, -0.1) is 0 Å². The standard InChI is InChI=1S/C21H16N2O3/c24-23(25)21-9-5-4-8-20(21)22-13-12-17-14-18(10-11-19(17)22)26-15-16-6-2-1-3-7-16/h1-14H,15H2. The minimum atomic E-state index is -0.363. The van der Waals surface area contributed by atoms with Crippen LogP contribution in [0, 0.1) is 10.1 Å². The van der Waals surface area contributed by atoms with E-state index in [9.17, 15) is 10.1 Å². The molecule has 4 aromatic rings. The minimum absolute atomic E-state index is 0.0782. The van der Waals surface area contributed by atoms with Gasteiger partial charge in [0.2, 0.25) is 0 Å². The summed E-state index contributed by atoms with van der Waals surface area (Å²) in [5.41, 5.74) is 2.62. The lowest BCUT2D eigenvalue weighted by Crippen LogP contribution is -1.99. The van der Waals surface area contributed by atoms with Gasteiger partial charge >= 0.3 is 0 Å². The third-order valence-corrected chi connectivity index (χ3v) is 4.25. The first-order valence-electron chi connectivity index (χ1n) is 8.24. The number of nitro benzene ring substituents is 1. The number of benzene rings is 3. The molecule has 0 aliphatic carbocycles. The Balaban J connectivity index is 1.65. The van der Waals surface area contributed by atoms with E-state index in [1.165, 1.54) is 6.07 Å². The van der Waals surface area contributed by atoms with E-state index in [0.29, 0.717) is 12.3 Å². The fourth-order valence-electron chi connectivity index (χ4n) is 2.98. The summed E-state index contributed by atoms with van der Waals surface area (Å²) in [6.07, 6.45) is 1.84. The number of para-hydroxylation sites is 2.